The van der Waals surface area contributed by atoms with Gasteiger partial charge in [0.1, 0.15) is 10.7 Å². The van der Waals surface area contributed by atoms with Gasteiger partial charge in [-0.25, -0.2) is 4.98 Å². The van der Waals surface area contributed by atoms with Crippen LogP contribution in [0.5, 0.6) is 0 Å². The number of carbonyl (C=O) groups is 1. The van der Waals surface area contributed by atoms with Crippen molar-refractivity contribution in [3.05, 3.63) is 47.5 Å². The fraction of sp³-hybridized carbons (Fsp3) is 0.250. The summed E-state index contributed by atoms with van der Waals surface area (Å²) in [5.74, 6) is 0.124. The van der Waals surface area contributed by atoms with Crippen LogP contribution in [-0.2, 0) is 0 Å². The van der Waals surface area contributed by atoms with Crippen molar-refractivity contribution in [2.24, 2.45) is 0 Å². The van der Waals surface area contributed by atoms with Crippen LogP contribution in [0.4, 0.5) is 5.69 Å². The number of rotatable bonds is 4. The van der Waals surface area contributed by atoms with Gasteiger partial charge in [0.15, 0.2) is 0 Å². The molecule has 8 heteroatoms. The lowest BCUT2D eigenvalue weighted by Crippen LogP contribution is -2.15. The van der Waals surface area contributed by atoms with Crippen LogP contribution in [0.2, 0.25) is 0 Å². The molecule has 3 N–H and O–H groups in total. The second-order valence-corrected chi connectivity index (χ2v) is 6.48. The summed E-state index contributed by atoms with van der Waals surface area (Å²) >= 11 is 1.43. The van der Waals surface area contributed by atoms with E-state index in [1.165, 1.54) is 11.3 Å². The van der Waals surface area contributed by atoms with Gasteiger partial charge >= 0.3 is 0 Å². The van der Waals surface area contributed by atoms with Crippen molar-refractivity contribution < 1.29 is 4.79 Å². The van der Waals surface area contributed by atoms with Crippen molar-refractivity contribution in [2.75, 3.05) is 18.4 Å². The number of aromatic nitrogens is 4. The zero-order chi connectivity index (χ0) is 16.4. The van der Waals surface area contributed by atoms with E-state index in [-0.39, 0.29) is 5.91 Å². The third-order valence-electron chi connectivity index (χ3n) is 4.03. The molecule has 0 aliphatic carbocycles. The summed E-state index contributed by atoms with van der Waals surface area (Å²) in [6, 6.07) is 3.78. The van der Waals surface area contributed by atoms with E-state index in [1.54, 1.807) is 24.0 Å². The zero-order valence-corrected chi connectivity index (χ0v) is 13.6. The third kappa shape index (κ3) is 2.93. The maximum atomic E-state index is 12.5. The second-order valence-electron chi connectivity index (χ2n) is 5.62. The van der Waals surface area contributed by atoms with Crippen molar-refractivity contribution in [1.29, 1.82) is 0 Å². The number of anilines is 1. The molecule has 1 aliphatic rings. The summed E-state index contributed by atoms with van der Waals surface area (Å²) in [6.45, 7) is 1.88. The van der Waals surface area contributed by atoms with Crippen molar-refractivity contribution >= 4 is 22.9 Å². The quantitative estimate of drug-likeness (QED) is 0.677. The molecule has 1 saturated heterocycles. The van der Waals surface area contributed by atoms with Crippen molar-refractivity contribution in [2.45, 2.75) is 12.3 Å². The molecule has 1 unspecified atom stereocenters. The Morgan fingerprint density at radius 1 is 1.38 bits per heavy atom. The molecule has 4 heterocycles. The molecule has 1 amide bonds. The lowest BCUT2D eigenvalue weighted by molar-refractivity contribution is 0.102. The summed E-state index contributed by atoms with van der Waals surface area (Å²) in [5, 5.41) is 15.8. The molecule has 0 radical (unpaired) electrons. The number of carbonyl (C=O) groups excluding carboxylic acids is 1. The summed E-state index contributed by atoms with van der Waals surface area (Å²) in [4.78, 5) is 21.0. The molecule has 7 nitrogen and oxygen atoms in total. The molecule has 122 valence electrons. The van der Waals surface area contributed by atoms with Crippen molar-refractivity contribution in [3.8, 4) is 10.6 Å². The minimum Gasteiger partial charge on any atom is -0.318 e. The van der Waals surface area contributed by atoms with Gasteiger partial charge in [0.05, 0.1) is 17.6 Å². The summed E-state index contributed by atoms with van der Waals surface area (Å²) in [7, 11) is 0. The van der Waals surface area contributed by atoms with Crippen LogP contribution >= 0.6 is 11.3 Å². The van der Waals surface area contributed by atoms with Crippen LogP contribution < -0.4 is 10.6 Å². The smallest absolute Gasteiger partial charge is 0.275 e. The molecule has 0 aromatic carbocycles. The van der Waals surface area contributed by atoms with E-state index in [4.69, 9.17) is 0 Å². The number of aromatic amines is 1. The molecule has 0 saturated carbocycles. The molecule has 1 fully saturated rings. The molecule has 3 aromatic rings. The van der Waals surface area contributed by atoms with E-state index in [9.17, 15) is 4.79 Å². The highest BCUT2D eigenvalue weighted by Crippen LogP contribution is 2.28. The van der Waals surface area contributed by atoms with Crippen LogP contribution in [0, 0.1) is 0 Å². The van der Waals surface area contributed by atoms with Gasteiger partial charge in [0.2, 0.25) is 0 Å². The van der Waals surface area contributed by atoms with Crippen molar-refractivity contribution in [3.63, 3.8) is 0 Å². The van der Waals surface area contributed by atoms with E-state index in [0.29, 0.717) is 11.6 Å². The average Bonchev–Trinajstić information content (AvgIpc) is 3.36. The van der Waals surface area contributed by atoms with Crippen LogP contribution in [0.1, 0.15) is 28.5 Å². The maximum absolute atomic E-state index is 12.5. The minimum absolute atomic E-state index is 0.227. The Bertz CT molecular complexity index is 837. The fourth-order valence-corrected chi connectivity index (χ4v) is 3.59. The predicted octanol–water partition coefficient (Wildman–Crippen LogP) is 2.26. The van der Waals surface area contributed by atoms with Gasteiger partial charge < -0.3 is 10.6 Å². The lowest BCUT2D eigenvalue weighted by atomic mass is 10.0. The molecule has 1 atom stereocenters. The normalized spacial score (nSPS) is 17.1. The number of thiazole rings is 1. The Morgan fingerprint density at radius 2 is 2.33 bits per heavy atom. The van der Waals surface area contributed by atoms with E-state index >= 15 is 0 Å². The fourth-order valence-electron chi connectivity index (χ4n) is 2.79. The number of amides is 1. The number of nitrogens with zero attached hydrogens (tertiary/aromatic N) is 3. The molecular formula is C16H16N6OS. The molecule has 1 aliphatic heterocycles. The first-order chi connectivity index (χ1) is 11.8. The Morgan fingerprint density at radius 3 is 3.12 bits per heavy atom. The van der Waals surface area contributed by atoms with Gasteiger partial charge in [-0.2, -0.15) is 5.10 Å². The number of H-pyrrole nitrogens is 1. The first kappa shape index (κ1) is 15.0. The standard InChI is InChI=1S/C16H16N6OS/c23-15(13-9-24-16(21-13)11-2-1-4-17-7-11)20-12-8-19-22-14(12)10-3-5-18-6-10/h1-2,4,7-10,18H,3,5-6H2,(H,19,22)(H,20,23). The largest absolute Gasteiger partial charge is 0.318 e. The van der Waals surface area contributed by atoms with Gasteiger partial charge in [-0.1, -0.05) is 0 Å². The minimum atomic E-state index is -0.227. The number of nitrogens with one attached hydrogen (secondary N) is 3. The Labute approximate surface area is 142 Å². The van der Waals surface area contributed by atoms with Crippen LogP contribution in [0.15, 0.2) is 36.1 Å². The molecule has 3 aromatic heterocycles. The van der Waals surface area contributed by atoms with E-state index in [0.717, 1.165) is 41.5 Å². The zero-order valence-electron chi connectivity index (χ0n) is 12.8. The Balaban J connectivity index is 1.51. The molecule has 0 bridgehead atoms. The first-order valence-corrected chi connectivity index (χ1v) is 8.60. The Hall–Kier alpha value is -2.58. The van der Waals surface area contributed by atoms with Crippen LogP contribution in [0.3, 0.4) is 0 Å². The van der Waals surface area contributed by atoms with Gasteiger partial charge in [-0.3, -0.25) is 14.9 Å². The summed E-state index contributed by atoms with van der Waals surface area (Å²) in [6.07, 6.45) is 6.14. The molecule has 24 heavy (non-hydrogen) atoms. The number of hydrogen-bond acceptors (Lipinski definition) is 6. The SMILES string of the molecule is O=C(Nc1cn[nH]c1C1CCNC1)c1csc(-c2cccnc2)n1. The average molecular weight is 340 g/mol. The highest BCUT2D eigenvalue weighted by Gasteiger charge is 2.23. The van der Waals surface area contributed by atoms with Crippen LogP contribution in [-0.4, -0.2) is 39.2 Å². The van der Waals surface area contributed by atoms with Gasteiger partial charge in [0.25, 0.3) is 5.91 Å². The maximum Gasteiger partial charge on any atom is 0.275 e. The highest BCUT2D eigenvalue weighted by molar-refractivity contribution is 7.13. The number of pyridine rings is 1. The van der Waals surface area contributed by atoms with E-state index < -0.39 is 0 Å². The van der Waals surface area contributed by atoms with Gasteiger partial charge in [0, 0.05) is 35.8 Å². The predicted molar refractivity (Wildman–Crippen MR) is 92.1 cm³/mol. The van der Waals surface area contributed by atoms with E-state index in [1.807, 2.05) is 12.1 Å². The topological polar surface area (TPSA) is 95.6 Å². The Kier molecular flexibility index (Phi) is 4.06. The monoisotopic (exact) mass is 340 g/mol. The second kappa shape index (κ2) is 6.50. The summed E-state index contributed by atoms with van der Waals surface area (Å²) < 4.78 is 0. The molecular weight excluding hydrogens is 324 g/mol. The third-order valence-corrected chi connectivity index (χ3v) is 4.92. The van der Waals surface area contributed by atoms with Gasteiger partial charge in [-0.15, -0.1) is 11.3 Å². The molecule has 0 spiro atoms. The highest BCUT2D eigenvalue weighted by atomic mass is 32.1. The summed E-state index contributed by atoms with van der Waals surface area (Å²) in [5.41, 5.74) is 3.00. The van der Waals surface area contributed by atoms with Crippen molar-refractivity contribution in [1.82, 2.24) is 25.5 Å². The lowest BCUT2D eigenvalue weighted by Gasteiger charge is -2.09. The first-order valence-electron chi connectivity index (χ1n) is 7.72. The van der Waals surface area contributed by atoms with Gasteiger partial charge in [-0.05, 0) is 25.1 Å². The number of hydrogen-bond donors (Lipinski definition) is 3. The van der Waals surface area contributed by atoms with E-state index in [2.05, 4.69) is 30.8 Å². The molecule has 4 rings (SSSR count). The van der Waals surface area contributed by atoms with Crippen LogP contribution in [0.25, 0.3) is 10.6 Å².